The van der Waals surface area contributed by atoms with E-state index in [-0.39, 0.29) is 12.1 Å². The van der Waals surface area contributed by atoms with Crippen LogP contribution in [0, 0.1) is 0 Å². The van der Waals surface area contributed by atoms with E-state index in [0.717, 1.165) is 13.0 Å². The van der Waals surface area contributed by atoms with E-state index in [1.165, 1.54) is 0 Å². The summed E-state index contributed by atoms with van der Waals surface area (Å²) in [6, 6.07) is 0.474. The largest absolute Gasteiger partial charge is 0.444 e. The van der Waals surface area contributed by atoms with Crippen LogP contribution in [0.25, 0.3) is 0 Å². The van der Waals surface area contributed by atoms with Gasteiger partial charge in [0.2, 0.25) is 0 Å². The van der Waals surface area contributed by atoms with Crippen molar-refractivity contribution in [2.45, 2.75) is 51.8 Å². The maximum atomic E-state index is 11.5. The Labute approximate surface area is 97.4 Å². The molecule has 1 aliphatic rings. The van der Waals surface area contributed by atoms with Crippen molar-refractivity contribution >= 4 is 6.09 Å². The minimum atomic E-state index is -0.439. The lowest BCUT2D eigenvalue weighted by atomic mass is 10.2. The maximum absolute atomic E-state index is 11.5. The highest BCUT2D eigenvalue weighted by atomic mass is 16.6. The number of rotatable bonds is 1. The van der Waals surface area contributed by atoms with Gasteiger partial charge in [0.05, 0.1) is 0 Å². The molecule has 4 heteroatoms. The van der Waals surface area contributed by atoms with Gasteiger partial charge in [-0.3, -0.25) is 0 Å². The summed E-state index contributed by atoms with van der Waals surface area (Å²) in [5, 5.41) is 6.17. The Bertz CT molecular complexity index is 269. The van der Waals surface area contributed by atoms with Gasteiger partial charge in [0.15, 0.2) is 0 Å². The molecule has 2 atom stereocenters. The van der Waals surface area contributed by atoms with Gasteiger partial charge in [0.25, 0.3) is 0 Å². The van der Waals surface area contributed by atoms with Crippen LogP contribution in [0.2, 0.25) is 0 Å². The molecule has 0 aromatic carbocycles. The van der Waals surface area contributed by atoms with Gasteiger partial charge in [-0.15, -0.1) is 0 Å². The second-order valence-electron chi connectivity index (χ2n) is 5.20. The summed E-state index contributed by atoms with van der Waals surface area (Å²) in [4.78, 5) is 11.5. The molecular formula is C12H22N2O2. The third kappa shape index (κ3) is 5.16. The molecule has 1 aliphatic heterocycles. The van der Waals surface area contributed by atoms with Crippen molar-refractivity contribution in [2.24, 2.45) is 0 Å². The molecule has 4 nitrogen and oxygen atoms in total. The summed E-state index contributed by atoms with van der Waals surface area (Å²) in [7, 11) is 0. The van der Waals surface area contributed by atoms with Crippen LogP contribution in [0.15, 0.2) is 12.2 Å². The second kappa shape index (κ2) is 5.34. The Morgan fingerprint density at radius 3 is 2.81 bits per heavy atom. The second-order valence-corrected chi connectivity index (χ2v) is 5.20. The van der Waals surface area contributed by atoms with Crippen molar-refractivity contribution < 1.29 is 9.53 Å². The fraction of sp³-hybridized carbons (Fsp3) is 0.750. The SMILES string of the molecule is C[C@H]1C=CC[C@H](NC(=O)OC(C)(C)C)CN1. The highest BCUT2D eigenvalue weighted by Gasteiger charge is 2.19. The molecule has 1 rings (SSSR count). The predicted molar refractivity (Wildman–Crippen MR) is 64.4 cm³/mol. The first-order chi connectivity index (χ1) is 7.37. The van der Waals surface area contributed by atoms with Crippen LogP contribution in [0.5, 0.6) is 0 Å². The normalized spacial score (nSPS) is 26.0. The first kappa shape index (κ1) is 13.0. The molecule has 0 saturated carbocycles. The first-order valence-corrected chi connectivity index (χ1v) is 5.76. The predicted octanol–water partition coefficient (Wildman–Crippen LogP) is 1.82. The Balaban J connectivity index is 2.37. The van der Waals surface area contributed by atoms with Crippen LogP contribution >= 0.6 is 0 Å². The lowest BCUT2D eigenvalue weighted by Crippen LogP contribution is -2.44. The third-order valence-corrected chi connectivity index (χ3v) is 2.25. The standard InChI is InChI=1S/C12H22N2O2/c1-9-6-5-7-10(8-13-9)14-11(15)16-12(2,3)4/h5-6,9-10,13H,7-8H2,1-4H3,(H,14,15)/t9-,10-/m0/s1. The van der Waals surface area contributed by atoms with Crippen LogP contribution in [0.4, 0.5) is 4.79 Å². The number of alkyl carbamates (subject to hydrolysis) is 1. The van der Waals surface area contributed by atoms with Crippen molar-refractivity contribution in [3.8, 4) is 0 Å². The van der Waals surface area contributed by atoms with Gasteiger partial charge in [-0.2, -0.15) is 0 Å². The van der Waals surface area contributed by atoms with Gasteiger partial charge in [-0.05, 0) is 34.1 Å². The first-order valence-electron chi connectivity index (χ1n) is 5.76. The molecule has 0 fully saturated rings. The van der Waals surface area contributed by atoms with Gasteiger partial charge in [0, 0.05) is 18.6 Å². The molecule has 1 amide bonds. The minimum absolute atomic E-state index is 0.107. The number of carbonyl (C=O) groups is 1. The van der Waals surface area contributed by atoms with Crippen LogP contribution in [-0.4, -0.2) is 30.3 Å². The highest BCUT2D eigenvalue weighted by Crippen LogP contribution is 2.08. The number of carbonyl (C=O) groups excluding carboxylic acids is 1. The number of hydrogen-bond acceptors (Lipinski definition) is 3. The van der Waals surface area contributed by atoms with Crippen molar-refractivity contribution in [2.75, 3.05) is 6.54 Å². The van der Waals surface area contributed by atoms with E-state index in [2.05, 4.69) is 29.7 Å². The van der Waals surface area contributed by atoms with Crippen molar-refractivity contribution in [3.05, 3.63) is 12.2 Å². The Morgan fingerprint density at radius 1 is 1.50 bits per heavy atom. The fourth-order valence-corrected chi connectivity index (χ4v) is 1.51. The summed E-state index contributed by atoms with van der Waals surface area (Å²) >= 11 is 0. The van der Waals surface area contributed by atoms with Gasteiger partial charge in [-0.25, -0.2) is 4.79 Å². The van der Waals surface area contributed by atoms with Crippen LogP contribution in [-0.2, 0) is 4.74 Å². The lowest BCUT2D eigenvalue weighted by Gasteiger charge is -2.23. The molecule has 0 spiro atoms. The molecule has 0 radical (unpaired) electrons. The summed E-state index contributed by atoms with van der Waals surface area (Å²) in [6.45, 7) is 8.44. The Kier molecular flexibility index (Phi) is 4.35. The maximum Gasteiger partial charge on any atom is 0.407 e. The summed E-state index contributed by atoms with van der Waals surface area (Å²) in [5.41, 5.74) is -0.439. The van der Waals surface area contributed by atoms with Crippen LogP contribution in [0.3, 0.4) is 0 Å². The summed E-state index contributed by atoms with van der Waals surface area (Å²) in [5.74, 6) is 0. The molecule has 0 aromatic rings. The van der Waals surface area contributed by atoms with Crippen molar-refractivity contribution in [1.82, 2.24) is 10.6 Å². The van der Waals surface area contributed by atoms with Gasteiger partial charge in [0.1, 0.15) is 5.60 Å². The Hall–Kier alpha value is -1.03. The zero-order valence-corrected chi connectivity index (χ0v) is 10.5. The zero-order valence-electron chi connectivity index (χ0n) is 10.5. The monoisotopic (exact) mass is 226 g/mol. The van der Waals surface area contributed by atoms with Gasteiger partial charge >= 0.3 is 6.09 Å². The number of hydrogen-bond donors (Lipinski definition) is 2. The molecule has 92 valence electrons. The number of nitrogens with one attached hydrogen (secondary N) is 2. The molecular weight excluding hydrogens is 204 g/mol. The molecule has 16 heavy (non-hydrogen) atoms. The van der Waals surface area contributed by atoms with Crippen molar-refractivity contribution in [1.29, 1.82) is 0 Å². The topological polar surface area (TPSA) is 50.4 Å². The summed E-state index contributed by atoms with van der Waals surface area (Å²) < 4.78 is 5.21. The van der Waals surface area contributed by atoms with Gasteiger partial charge in [-0.1, -0.05) is 12.2 Å². The molecule has 0 unspecified atom stereocenters. The van der Waals surface area contributed by atoms with E-state index >= 15 is 0 Å². The van der Waals surface area contributed by atoms with Crippen molar-refractivity contribution in [3.63, 3.8) is 0 Å². The average Bonchev–Trinajstić information content (AvgIpc) is 2.27. The molecule has 0 bridgehead atoms. The third-order valence-electron chi connectivity index (χ3n) is 2.25. The van der Waals surface area contributed by atoms with Crippen LogP contribution < -0.4 is 10.6 Å². The van der Waals surface area contributed by atoms with E-state index in [0.29, 0.717) is 6.04 Å². The fourth-order valence-electron chi connectivity index (χ4n) is 1.51. The van der Waals surface area contributed by atoms with E-state index in [1.807, 2.05) is 20.8 Å². The molecule has 0 saturated heterocycles. The van der Waals surface area contributed by atoms with E-state index in [1.54, 1.807) is 0 Å². The lowest BCUT2D eigenvalue weighted by molar-refractivity contribution is 0.0504. The molecule has 1 heterocycles. The number of amides is 1. The molecule has 2 N–H and O–H groups in total. The molecule has 0 aromatic heterocycles. The average molecular weight is 226 g/mol. The van der Waals surface area contributed by atoms with E-state index in [9.17, 15) is 4.79 Å². The smallest absolute Gasteiger partial charge is 0.407 e. The Morgan fingerprint density at radius 2 is 2.19 bits per heavy atom. The quantitative estimate of drug-likeness (QED) is 0.670. The molecule has 0 aliphatic carbocycles. The van der Waals surface area contributed by atoms with E-state index in [4.69, 9.17) is 4.74 Å². The number of ether oxygens (including phenoxy) is 1. The van der Waals surface area contributed by atoms with E-state index < -0.39 is 5.60 Å². The van der Waals surface area contributed by atoms with Gasteiger partial charge < -0.3 is 15.4 Å². The zero-order chi connectivity index (χ0) is 12.2. The summed E-state index contributed by atoms with van der Waals surface area (Å²) in [6.07, 6.45) is 4.70. The highest BCUT2D eigenvalue weighted by molar-refractivity contribution is 5.68. The van der Waals surface area contributed by atoms with Crippen LogP contribution in [0.1, 0.15) is 34.1 Å². The minimum Gasteiger partial charge on any atom is -0.444 e.